The van der Waals surface area contributed by atoms with Crippen LogP contribution in [0.3, 0.4) is 0 Å². The molecule has 0 saturated carbocycles. The summed E-state index contributed by atoms with van der Waals surface area (Å²) >= 11 is 0. The number of aromatic nitrogens is 1. The van der Waals surface area contributed by atoms with Gasteiger partial charge in [0.25, 0.3) is 0 Å². The zero-order valence-electron chi connectivity index (χ0n) is 36.6. The highest BCUT2D eigenvalue weighted by molar-refractivity contribution is 6.10. The van der Waals surface area contributed by atoms with E-state index in [1.54, 1.807) is 0 Å². The van der Waals surface area contributed by atoms with E-state index in [-0.39, 0.29) is 12.2 Å². The van der Waals surface area contributed by atoms with Crippen LogP contribution in [0.4, 0.5) is 17.1 Å². The summed E-state index contributed by atoms with van der Waals surface area (Å²) in [5.74, 6) is 0. The van der Waals surface area contributed by atoms with Crippen molar-refractivity contribution in [3.8, 4) is 27.9 Å². The van der Waals surface area contributed by atoms with Crippen molar-refractivity contribution in [1.29, 1.82) is 0 Å². The van der Waals surface area contributed by atoms with E-state index in [9.17, 15) is 0 Å². The van der Waals surface area contributed by atoms with Crippen molar-refractivity contribution in [3.63, 3.8) is 0 Å². The summed E-state index contributed by atoms with van der Waals surface area (Å²) in [7, 11) is 0. The molecule has 0 spiro atoms. The quantitative estimate of drug-likeness (QED) is 0.130. The van der Waals surface area contributed by atoms with Crippen molar-refractivity contribution in [2.24, 2.45) is 4.99 Å². The molecule has 11 rings (SSSR count). The molecule has 2 heterocycles. The third-order valence-corrected chi connectivity index (χ3v) is 13.0. The van der Waals surface area contributed by atoms with Crippen molar-refractivity contribution >= 4 is 44.6 Å². The van der Waals surface area contributed by atoms with Crippen LogP contribution in [0.25, 0.3) is 49.7 Å². The Labute approximate surface area is 382 Å². The van der Waals surface area contributed by atoms with Crippen LogP contribution < -0.4 is 4.90 Å². The monoisotopic (exact) mass is 838 g/mol. The summed E-state index contributed by atoms with van der Waals surface area (Å²) in [6, 6.07) is 85.8. The summed E-state index contributed by atoms with van der Waals surface area (Å²) < 4.78 is 2.40. The molecule has 0 aliphatic carbocycles. The maximum atomic E-state index is 5.48. The number of para-hydroxylation sites is 3. The number of fused-ring (bicyclic) bond motifs is 3. The lowest BCUT2D eigenvalue weighted by molar-refractivity contribution is 0.130. The zero-order valence-corrected chi connectivity index (χ0v) is 36.6. The predicted molar refractivity (Wildman–Crippen MR) is 273 cm³/mol. The molecular weight excluding hydrogens is 789 g/mol. The average Bonchev–Trinajstić information content (AvgIpc) is 3.72. The van der Waals surface area contributed by atoms with Crippen LogP contribution in [0, 0.1) is 0 Å². The Kier molecular flexibility index (Phi) is 10.9. The number of rotatable bonds is 11. The number of anilines is 3. The largest absolute Gasteiger partial charge is 0.311 e. The fraction of sp³-hybridized carbons (Fsp3) is 0.0984. The highest BCUT2D eigenvalue weighted by Crippen LogP contribution is 2.41. The molecule has 2 unspecified atom stereocenters. The maximum absolute atomic E-state index is 5.48. The second-order valence-electron chi connectivity index (χ2n) is 17.0. The van der Waals surface area contributed by atoms with Crippen LogP contribution in [0.15, 0.2) is 242 Å². The van der Waals surface area contributed by atoms with Crippen molar-refractivity contribution in [3.05, 3.63) is 253 Å². The van der Waals surface area contributed by atoms with Crippen LogP contribution in [-0.2, 0) is 0 Å². The van der Waals surface area contributed by atoms with E-state index in [1.165, 1.54) is 60.8 Å². The van der Waals surface area contributed by atoms with E-state index < -0.39 is 0 Å². The Balaban J connectivity index is 0.880. The van der Waals surface area contributed by atoms with Gasteiger partial charge in [-0.3, -0.25) is 9.89 Å². The summed E-state index contributed by atoms with van der Waals surface area (Å²) in [6.45, 7) is 3.25. The number of hydrogen-bond donors (Lipinski definition) is 0. The van der Waals surface area contributed by atoms with Gasteiger partial charge in [0.15, 0.2) is 0 Å². The molecule has 0 fully saturated rings. The van der Waals surface area contributed by atoms with Crippen molar-refractivity contribution in [2.75, 3.05) is 11.4 Å². The molecule has 10 aromatic rings. The van der Waals surface area contributed by atoms with Gasteiger partial charge in [0, 0.05) is 58.2 Å². The molecule has 0 radical (unpaired) electrons. The molecule has 9 aromatic carbocycles. The molecule has 0 N–H and O–H groups in total. The molecule has 4 nitrogen and oxygen atoms in total. The molecule has 0 bridgehead atoms. The van der Waals surface area contributed by atoms with Gasteiger partial charge in [-0.15, -0.1) is 0 Å². The first-order valence-electron chi connectivity index (χ1n) is 22.9. The summed E-state index contributed by atoms with van der Waals surface area (Å²) in [6.07, 6.45) is 1.91. The summed E-state index contributed by atoms with van der Waals surface area (Å²) in [5, 5.41) is 2.48. The fourth-order valence-corrected chi connectivity index (χ4v) is 9.84. The van der Waals surface area contributed by atoms with Gasteiger partial charge in [-0.25, -0.2) is 0 Å². The third kappa shape index (κ3) is 7.83. The molecule has 314 valence electrons. The lowest BCUT2D eigenvalue weighted by atomic mass is 9.91. The van der Waals surface area contributed by atoms with Gasteiger partial charge in [0.05, 0.1) is 11.0 Å². The topological polar surface area (TPSA) is 23.8 Å². The average molecular weight is 839 g/mol. The second kappa shape index (κ2) is 17.8. The van der Waals surface area contributed by atoms with Gasteiger partial charge >= 0.3 is 0 Å². The Morgan fingerprint density at radius 1 is 0.446 bits per heavy atom. The molecule has 0 saturated heterocycles. The highest BCUT2D eigenvalue weighted by Gasteiger charge is 2.33. The van der Waals surface area contributed by atoms with E-state index >= 15 is 0 Å². The van der Waals surface area contributed by atoms with Crippen LogP contribution in [0.2, 0.25) is 0 Å². The lowest BCUT2D eigenvalue weighted by Gasteiger charge is -2.41. The van der Waals surface area contributed by atoms with Gasteiger partial charge in [0.2, 0.25) is 0 Å². The zero-order chi connectivity index (χ0) is 43.5. The number of nitrogens with zero attached hydrogens (tertiary/aromatic N) is 4. The van der Waals surface area contributed by atoms with Gasteiger partial charge in [-0.05, 0) is 112 Å². The highest BCUT2D eigenvalue weighted by atomic mass is 15.3. The fourth-order valence-electron chi connectivity index (χ4n) is 9.84. The predicted octanol–water partition coefficient (Wildman–Crippen LogP) is 15.9. The van der Waals surface area contributed by atoms with Gasteiger partial charge in [0.1, 0.15) is 6.17 Å². The van der Waals surface area contributed by atoms with E-state index in [0.29, 0.717) is 0 Å². The first-order valence-corrected chi connectivity index (χ1v) is 22.9. The van der Waals surface area contributed by atoms with Crippen molar-refractivity contribution < 1.29 is 0 Å². The molecular formula is C61H50N4. The molecule has 4 heteroatoms. The Morgan fingerprint density at radius 2 is 0.923 bits per heavy atom. The minimum absolute atomic E-state index is 0.0341. The number of benzene rings is 9. The van der Waals surface area contributed by atoms with Crippen LogP contribution in [0.1, 0.15) is 48.7 Å². The van der Waals surface area contributed by atoms with Crippen LogP contribution in [0.5, 0.6) is 0 Å². The van der Waals surface area contributed by atoms with Crippen LogP contribution in [-0.4, -0.2) is 21.7 Å². The molecule has 65 heavy (non-hydrogen) atoms. The molecule has 1 aliphatic heterocycles. The number of aliphatic imine (C=N–C) groups is 1. The first kappa shape index (κ1) is 40.0. The first-order chi connectivity index (χ1) is 32.2. The Bertz CT molecular complexity index is 3170. The smallest absolute Gasteiger partial charge is 0.128 e. The molecule has 1 aliphatic rings. The van der Waals surface area contributed by atoms with Crippen molar-refractivity contribution in [1.82, 2.24) is 9.47 Å². The second-order valence-corrected chi connectivity index (χ2v) is 17.0. The Morgan fingerprint density at radius 3 is 1.55 bits per heavy atom. The SMILES string of the molecule is CCCN1C(c2ccccc2)CC(c2ccc(-c3ccc(-n4c5ccccc5c5cc(-c6ccc(N(c7ccccc7)c7ccccc7)cc6)ccc54)cc3)cc2)=NC1c1ccccc1. The minimum atomic E-state index is -0.0341. The van der Waals surface area contributed by atoms with E-state index in [0.717, 1.165) is 47.8 Å². The standard InChI is InChI=1S/C61H50N4/c1-2-41-63-60(48-17-7-3-8-18-48)43-57(62-61(63)49-19-9-4-10-20-49)47-29-27-44(28-30-47)45-31-38-54(39-32-45)65-58-26-16-15-25-55(58)56-42-50(35-40-59(56)65)46-33-36-53(37-34-46)64(51-21-11-5-12-22-51)52-23-13-6-14-24-52/h3-40,42,60-61H,2,41,43H2,1H3. The molecule has 0 amide bonds. The van der Waals surface area contributed by atoms with Crippen LogP contribution >= 0.6 is 0 Å². The maximum Gasteiger partial charge on any atom is 0.128 e. The van der Waals surface area contributed by atoms with Crippen molar-refractivity contribution in [2.45, 2.75) is 32.0 Å². The third-order valence-electron chi connectivity index (χ3n) is 13.0. The Hall–Kier alpha value is -7.79. The van der Waals surface area contributed by atoms with E-state index in [1.807, 2.05) is 0 Å². The molecule has 2 atom stereocenters. The normalized spacial score (nSPS) is 15.2. The van der Waals surface area contributed by atoms with E-state index in [2.05, 4.69) is 258 Å². The van der Waals surface area contributed by atoms with Gasteiger partial charge in [-0.1, -0.05) is 177 Å². The summed E-state index contributed by atoms with van der Waals surface area (Å²) in [5.41, 5.74) is 16.6. The van der Waals surface area contributed by atoms with E-state index in [4.69, 9.17) is 4.99 Å². The van der Waals surface area contributed by atoms with Gasteiger partial charge in [-0.2, -0.15) is 0 Å². The lowest BCUT2D eigenvalue weighted by Crippen LogP contribution is -2.38. The molecule has 1 aromatic heterocycles. The van der Waals surface area contributed by atoms with Gasteiger partial charge < -0.3 is 9.47 Å². The minimum Gasteiger partial charge on any atom is -0.311 e. The number of hydrogen-bond acceptors (Lipinski definition) is 3. The summed E-state index contributed by atoms with van der Waals surface area (Å²) in [4.78, 5) is 10.4.